The second-order valence-electron chi connectivity index (χ2n) is 9.59. The van der Waals surface area contributed by atoms with Crippen LogP contribution < -0.4 is 4.90 Å². The van der Waals surface area contributed by atoms with Gasteiger partial charge in [-0.15, -0.1) is 0 Å². The number of aryl methyl sites for hydroxylation is 1. The molecule has 2 aromatic carbocycles. The van der Waals surface area contributed by atoms with Gasteiger partial charge in [-0.2, -0.15) is 0 Å². The summed E-state index contributed by atoms with van der Waals surface area (Å²) in [5.41, 5.74) is 6.81. The molecule has 0 unspecified atom stereocenters. The Morgan fingerprint density at radius 1 is 1.14 bits per heavy atom. The van der Waals surface area contributed by atoms with Gasteiger partial charge in [0.2, 0.25) is 0 Å². The molecular weight excluding hydrogens is 454 g/mol. The summed E-state index contributed by atoms with van der Waals surface area (Å²) in [5.74, 6) is 0.00138. The maximum Gasteiger partial charge on any atom is 0.266 e. The third kappa shape index (κ3) is 5.24. The smallest absolute Gasteiger partial charge is 0.266 e. The van der Waals surface area contributed by atoms with Gasteiger partial charge in [-0.05, 0) is 99.8 Å². The minimum absolute atomic E-state index is 0.00138. The van der Waals surface area contributed by atoms with E-state index < -0.39 is 0 Å². The molecule has 2 aromatic rings. The molecule has 0 saturated carbocycles. The maximum atomic E-state index is 13.4. The zero-order chi connectivity index (χ0) is 25.2. The molecular formula is C29H35N3O2S. The standard InChI is InChI=1S/C29H35N3O2S/c1-7-32-25-16-20(2)22(17-24(25)21(3)19-29(32,4)5)18-26-27(33)31(14-11-15-34-6)28(35-26)30-23-12-9-8-10-13-23/h8-10,12-13,16-19H,7,11,14-15H2,1-6H3/b26-18+,30-28?. The molecule has 2 aliphatic rings. The van der Waals surface area contributed by atoms with E-state index in [0.29, 0.717) is 23.2 Å². The SMILES string of the molecule is CCN1c2cc(C)c(/C=C3/SC(=Nc4ccccc4)N(CCCOC)C3=O)cc2C(C)=CC1(C)C. The Morgan fingerprint density at radius 2 is 1.89 bits per heavy atom. The van der Waals surface area contributed by atoms with E-state index in [1.165, 1.54) is 28.6 Å². The summed E-state index contributed by atoms with van der Waals surface area (Å²) in [7, 11) is 1.68. The lowest BCUT2D eigenvalue weighted by molar-refractivity contribution is -0.122. The number of methoxy groups -OCH3 is 1. The first kappa shape index (κ1) is 25.3. The number of ether oxygens (including phenoxy) is 1. The third-order valence-electron chi connectivity index (χ3n) is 6.57. The lowest BCUT2D eigenvalue weighted by Gasteiger charge is -2.43. The predicted molar refractivity (Wildman–Crippen MR) is 149 cm³/mol. The number of carbonyl (C=O) groups excluding carboxylic acids is 1. The number of benzene rings is 2. The fourth-order valence-corrected chi connectivity index (χ4v) is 5.90. The molecule has 4 rings (SSSR count). The Kier molecular flexibility index (Phi) is 7.53. The van der Waals surface area contributed by atoms with Crippen molar-refractivity contribution in [2.24, 2.45) is 4.99 Å². The van der Waals surface area contributed by atoms with Crippen molar-refractivity contribution < 1.29 is 9.53 Å². The molecule has 0 aromatic heterocycles. The van der Waals surface area contributed by atoms with Crippen LogP contribution in [-0.2, 0) is 9.53 Å². The van der Waals surface area contributed by atoms with Crippen LogP contribution in [-0.4, -0.2) is 48.3 Å². The first-order valence-corrected chi connectivity index (χ1v) is 13.0. The molecule has 2 heterocycles. The molecule has 6 heteroatoms. The van der Waals surface area contributed by atoms with Gasteiger partial charge < -0.3 is 9.64 Å². The number of carbonyl (C=O) groups is 1. The number of likely N-dealkylation sites (N-methyl/N-ethyl adjacent to an activating group) is 1. The fraction of sp³-hybridized carbons (Fsp3) is 0.379. The second kappa shape index (κ2) is 10.4. The number of hydrogen-bond donors (Lipinski definition) is 0. The number of hydrogen-bond acceptors (Lipinski definition) is 5. The number of amides is 1. The number of aliphatic imine (C=N–C) groups is 1. The molecule has 0 bridgehead atoms. The van der Waals surface area contributed by atoms with Crippen LogP contribution in [0.5, 0.6) is 0 Å². The van der Waals surface area contributed by atoms with Gasteiger partial charge >= 0.3 is 0 Å². The molecule has 0 N–H and O–H groups in total. The van der Waals surface area contributed by atoms with Crippen molar-refractivity contribution in [3.8, 4) is 0 Å². The van der Waals surface area contributed by atoms with Crippen LogP contribution in [0.15, 0.2) is 58.4 Å². The number of rotatable bonds is 7. The Morgan fingerprint density at radius 3 is 2.57 bits per heavy atom. The monoisotopic (exact) mass is 489 g/mol. The van der Waals surface area contributed by atoms with Gasteiger partial charge in [0.1, 0.15) is 0 Å². The molecule has 1 fully saturated rings. The molecule has 2 aliphatic heterocycles. The highest BCUT2D eigenvalue weighted by atomic mass is 32.2. The van der Waals surface area contributed by atoms with Crippen LogP contribution in [0.1, 0.15) is 50.8 Å². The van der Waals surface area contributed by atoms with E-state index in [9.17, 15) is 4.79 Å². The quantitative estimate of drug-likeness (QED) is 0.322. The van der Waals surface area contributed by atoms with Crippen LogP contribution in [0.4, 0.5) is 11.4 Å². The largest absolute Gasteiger partial charge is 0.385 e. The van der Waals surface area contributed by atoms with Gasteiger partial charge in [0.05, 0.1) is 16.1 Å². The molecule has 35 heavy (non-hydrogen) atoms. The molecule has 184 valence electrons. The summed E-state index contributed by atoms with van der Waals surface area (Å²) >= 11 is 1.45. The minimum Gasteiger partial charge on any atom is -0.385 e. The molecule has 0 radical (unpaired) electrons. The molecule has 5 nitrogen and oxygen atoms in total. The average Bonchev–Trinajstić information content (AvgIpc) is 3.09. The number of nitrogens with zero attached hydrogens (tertiary/aromatic N) is 3. The number of fused-ring (bicyclic) bond motifs is 1. The number of thioether (sulfide) groups is 1. The van der Waals surface area contributed by atoms with E-state index >= 15 is 0 Å². The van der Waals surface area contributed by atoms with E-state index in [-0.39, 0.29) is 11.4 Å². The van der Waals surface area contributed by atoms with Crippen molar-refractivity contribution in [1.82, 2.24) is 4.90 Å². The minimum atomic E-state index is -0.0268. The van der Waals surface area contributed by atoms with Crippen molar-refractivity contribution >= 4 is 45.9 Å². The molecule has 0 spiro atoms. The zero-order valence-corrected chi connectivity index (χ0v) is 22.4. The summed E-state index contributed by atoms with van der Waals surface area (Å²) < 4.78 is 5.22. The first-order chi connectivity index (χ1) is 16.7. The van der Waals surface area contributed by atoms with Crippen LogP contribution in [0.3, 0.4) is 0 Å². The Bertz CT molecular complexity index is 1200. The van der Waals surface area contributed by atoms with E-state index in [1.54, 1.807) is 12.0 Å². The van der Waals surface area contributed by atoms with Crippen LogP contribution in [0, 0.1) is 6.92 Å². The van der Waals surface area contributed by atoms with E-state index in [1.807, 2.05) is 36.4 Å². The predicted octanol–water partition coefficient (Wildman–Crippen LogP) is 6.66. The lowest BCUT2D eigenvalue weighted by atomic mass is 9.87. The zero-order valence-electron chi connectivity index (χ0n) is 21.6. The van der Waals surface area contributed by atoms with Gasteiger partial charge in [-0.3, -0.25) is 9.69 Å². The Balaban J connectivity index is 1.72. The van der Waals surface area contributed by atoms with Gasteiger partial charge in [0.25, 0.3) is 5.91 Å². The molecule has 0 atom stereocenters. The third-order valence-corrected chi connectivity index (χ3v) is 7.57. The van der Waals surface area contributed by atoms with Crippen molar-refractivity contribution in [2.45, 2.75) is 46.6 Å². The van der Waals surface area contributed by atoms with E-state index in [4.69, 9.17) is 9.73 Å². The normalized spacial score (nSPS) is 19.5. The fourth-order valence-electron chi connectivity index (χ4n) is 4.89. The molecule has 1 amide bonds. The number of amidine groups is 1. The van der Waals surface area contributed by atoms with E-state index in [2.05, 4.69) is 57.7 Å². The maximum absolute atomic E-state index is 13.4. The molecule has 1 saturated heterocycles. The van der Waals surface area contributed by atoms with Crippen molar-refractivity contribution in [3.63, 3.8) is 0 Å². The van der Waals surface area contributed by atoms with Gasteiger partial charge in [-0.25, -0.2) is 4.99 Å². The highest BCUT2D eigenvalue weighted by molar-refractivity contribution is 8.18. The van der Waals surface area contributed by atoms with Crippen LogP contribution >= 0.6 is 11.8 Å². The number of allylic oxidation sites excluding steroid dienone is 1. The Hall–Kier alpha value is -2.83. The van der Waals surface area contributed by atoms with Gasteiger partial charge in [-0.1, -0.05) is 24.3 Å². The summed E-state index contributed by atoms with van der Waals surface area (Å²) in [4.78, 5) is 23.2. The highest BCUT2D eigenvalue weighted by Gasteiger charge is 2.34. The number of para-hydroxylation sites is 1. The van der Waals surface area contributed by atoms with Crippen LogP contribution in [0.25, 0.3) is 11.6 Å². The summed E-state index contributed by atoms with van der Waals surface area (Å²) in [6, 6.07) is 14.3. The first-order valence-electron chi connectivity index (χ1n) is 12.2. The lowest BCUT2D eigenvalue weighted by Crippen LogP contribution is -2.44. The van der Waals surface area contributed by atoms with Crippen molar-refractivity contribution in [2.75, 3.05) is 31.7 Å². The van der Waals surface area contributed by atoms with Crippen molar-refractivity contribution in [3.05, 3.63) is 70.1 Å². The summed E-state index contributed by atoms with van der Waals surface area (Å²) in [5, 5.41) is 0.717. The second-order valence-corrected chi connectivity index (χ2v) is 10.6. The van der Waals surface area contributed by atoms with Crippen LogP contribution in [0.2, 0.25) is 0 Å². The average molecular weight is 490 g/mol. The Labute approximate surface area is 213 Å². The topological polar surface area (TPSA) is 45.1 Å². The van der Waals surface area contributed by atoms with E-state index in [0.717, 1.165) is 29.8 Å². The van der Waals surface area contributed by atoms with Gasteiger partial charge in [0, 0.05) is 38.1 Å². The summed E-state index contributed by atoms with van der Waals surface area (Å²) in [6.07, 6.45) is 5.12. The van der Waals surface area contributed by atoms with Crippen molar-refractivity contribution in [1.29, 1.82) is 0 Å². The van der Waals surface area contributed by atoms with Gasteiger partial charge in [0.15, 0.2) is 5.17 Å². The number of anilines is 1. The summed E-state index contributed by atoms with van der Waals surface area (Å²) in [6.45, 7) is 13.1. The highest BCUT2D eigenvalue weighted by Crippen LogP contribution is 2.41. The molecule has 0 aliphatic carbocycles.